The third-order valence-electron chi connectivity index (χ3n) is 3.81. The number of amides is 1. The van der Waals surface area contributed by atoms with E-state index in [-0.39, 0.29) is 6.09 Å². The van der Waals surface area contributed by atoms with Gasteiger partial charge in [-0.1, -0.05) is 13.0 Å². The average Bonchev–Trinajstić information content (AvgIpc) is 2.47. The van der Waals surface area contributed by atoms with E-state index in [1.54, 1.807) is 11.1 Å². The first-order chi connectivity index (χ1) is 10.3. The Labute approximate surface area is 133 Å². The molecular formula is C17H27N3O2. The van der Waals surface area contributed by atoms with Crippen LogP contribution in [0.2, 0.25) is 0 Å². The summed E-state index contributed by atoms with van der Waals surface area (Å²) in [4.78, 5) is 20.4. The molecule has 1 aliphatic rings. The third-order valence-corrected chi connectivity index (χ3v) is 3.81. The molecule has 1 amide bonds. The maximum atomic E-state index is 12.0. The van der Waals surface area contributed by atoms with Crippen LogP contribution in [-0.2, 0) is 4.74 Å². The van der Waals surface area contributed by atoms with Crippen molar-refractivity contribution in [3.8, 4) is 0 Å². The van der Waals surface area contributed by atoms with Crippen LogP contribution in [0, 0.1) is 0 Å². The van der Waals surface area contributed by atoms with Crippen LogP contribution >= 0.6 is 0 Å². The van der Waals surface area contributed by atoms with Crippen LogP contribution in [0.5, 0.6) is 0 Å². The summed E-state index contributed by atoms with van der Waals surface area (Å²) in [5.41, 5.74) is 0.834. The van der Waals surface area contributed by atoms with Gasteiger partial charge in [-0.25, -0.2) is 4.79 Å². The van der Waals surface area contributed by atoms with E-state index in [0.717, 1.165) is 32.7 Å². The van der Waals surface area contributed by atoms with Crippen molar-refractivity contribution in [3.05, 3.63) is 30.1 Å². The van der Waals surface area contributed by atoms with Crippen molar-refractivity contribution < 1.29 is 9.53 Å². The highest BCUT2D eigenvalue weighted by atomic mass is 16.6. The summed E-state index contributed by atoms with van der Waals surface area (Å²) in [6.07, 6.45) is 3.53. The molecule has 1 atom stereocenters. The average molecular weight is 305 g/mol. The zero-order valence-electron chi connectivity index (χ0n) is 14.1. The molecule has 0 saturated carbocycles. The van der Waals surface area contributed by atoms with Crippen LogP contribution in [-0.4, -0.2) is 59.2 Å². The van der Waals surface area contributed by atoms with Crippen molar-refractivity contribution in [2.75, 3.05) is 32.7 Å². The van der Waals surface area contributed by atoms with E-state index in [9.17, 15) is 4.79 Å². The molecule has 1 aromatic heterocycles. The van der Waals surface area contributed by atoms with Gasteiger partial charge < -0.3 is 9.64 Å². The monoisotopic (exact) mass is 305 g/mol. The highest BCUT2D eigenvalue weighted by Crippen LogP contribution is 2.17. The summed E-state index contributed by atoms with van der Waals surface area (Å²) >= 11 is 0. The molecule has 5 nitrogen and oxygen atoms in total. The van der Waals surface area contributed by atoms with E-state index >= 15 is 0 Å². The molecule has 0 N–H and O–H groups in total. The second kappa shape index (κ2) is 7.09. The van der Waals surface area contributed by atoms with Gasteiger partial charge in [-0.2, -0.15) is 0 Å². The highest BCUT2D eigenvalue weighted by Gasteiger charge is 2.26. The van der Waals surface area contributed by atoms with Gasteiger partial charge in [0, 0.05) is 45.1 Å². The molecule has 1 unspecified atom stereocenters. The lowest BCUT2D eigenvalue weighted by Gasteiger charge is -2.36. The minimum atomic E-state index is -0.428. The van der Waals surface area contributed by atoms with Gasteiger partial charge in [-0.3, -0.25) is 9.88 Å². The second-order valence-corrected chi connectivity index (χ2v) is 6.96. The number of pyridine rings is 1. The number of rotatable bonds is 3. The Morgan fingerprint density at radius 3 is 2.55 bits per heavy atom. The Morgan fingerprint density at radius 2 is 2.00 bits per heavy atom. The van der Waals surface area contributed by atoms with Crippen molar-refractivity contribution in [2.24, 2.45) is 0 Å². The summed E-state index contributed by atoms with van der Waals surface area (Å²) in [6, 6.07) is 4.10. The normalized spacial score (nSPS) is 18.1. The first kappa shape index (κ1) is 16.7. The van der Waals surface area contributed by atoms with Crippen LogP contribution in [0.4, 0.5) is 4.79 Å². The SMILES string of the molecule is CC(CN1CCN(C(=O)OC(C)(C)C)CC1)c1cccnc1. The molecule has 1 aliphatic heterocycles. The molecular weight excluding hydrogens is 278 g/mol. The van der Waals surface area contributed by atoms with Gasteiger partial charge in [-0.05, 0) is 38.3 Å². The number of ether oxygens (including phenoxy) is 1. The molecule has 1 fully saturated rings. The van der Waals surface area contributed by atoms with Gasteiger partial charge in [0.15, 0.2) is 0 Å². The van der Waals surface area contributed by atoms with Gasteiger partial charge in [0.25, 0.3) is 0 Å². The minimum absolute atomic E-state index is 0.201. The second-order valence-electron chi connectivity index (χ2n) is 6.96. The van der Waals surface area contributed by atoms with E-state index in [4.69, 9.17) is 4.74 Å². The first-order valence-electron chi connectivity index (χ1n) is 7.95. The fourth-order valence-corrected chi connectivity index (χ4v) is 2.60. The molecule has 22 heavy (non-hydrogen) atoms. The van der Waals surface area contributed by atoms with Crippen LogP contribution in [0.1, 0.15) is 39.2 Å². The summed E-state index contributed by atoms with van der Waals surface area (Å²) in [7, 11) is 0. The van der Waals surface area contributed by atoms with E-state index < -0.39 is 5.60 Å². The zero-order valence-corrected chi connectivity index (χ0v) is 14.1. The Kier molecular flexibility index (Phi) is 5.40. The van der Waals surface area contributed by atoms with E-state index in [2.05, 4.69) is 22.9 Å². The van der Waals surface area contributed by atoms with Gasteiger partial charge in [-0.15, -0.1) is 0 Å². The molecule has 0 aromatic carbocycles. The molecule has 1 saturated heterocycles. The lowest BCUT2D eigenvalue weighted by molar-refractivity contribution is 0.0142. The smallest absolute Gasteiger partial charge is 0.410 e. The van der Waals surface area contributed by atoms with E-state index in [0.29, 0.717) is 5.92 Å². The Hall–Kier alpha value is -1.62. The van der Waals surface area contributed by atoms with Crippen LogP contribution < -0.4 is 0 Å². The Morgan fingerprint density at radius 1 is 1.32 bits per heavy atom. The molecule has 2 rings (SSSR count). The van der Waals surface area contributed by atoms with Crippen LogP contribution in [0.25, 0.3) is 0 Å². The summed E-state index contributed by atoms with van der Waals surface area (Å²) in [5.74, 6) is 0.446. The number of piperazine rings is 1. The fraction of sp³-hybridized carbons (Fsp3) is 0.647. The van der Waals surface area contributed by atoms with E-state index in [1.807, 2.05) is 33.0 Å². The summed E-state index contributed by atoms with van der Waals surface area (Å²) in [5, 5.41) is 0. The number of hydrogen-bond acceptors (Lipinski definition) is 4. The Bertz CT molecular complexity index is 476. The van der Waals surface area contributed by atoms with Gasteiger partial charge in [0.2, 0.25) is 0 Å². The van der Waals surface area contributed by atoms with Crippen molar-refractivity contribution in [2.45, 2.75) is 39.2 Å². The standard InChI is InChI=1S/C17H27N3O2/c1-14(15-6-5-7-18-12-15)13-19-8-10-20(11-9-19)16(21)22-17(2,3)4/h5-7,12,14H,8-11,13H2,1-4H3. The number of carbonyl (C=O) groups excluding carboxylic acids is 1. The third kappa shape index (κ3) is 4.98. The summed E-state index contributed by atoms with van der Waals surface area (Å²) < 4.78 is 5.42. The molecule has 0 spiro atoms. The van der Waals surface area contributed by atoms with Crippen molar-refractivity contribution in [1.29, 1.82) is 0 Å². The quantitative estimate of drug-likeness (QED) is 0.861. The maximum absolute atomic E-state index is 12.0. The number of aromatic nitrogens is 1. The molecule has 2 heterocycles. The maximum Gasteiger partial charge on any atom is 0.410 e. The number of nitrogens with zero attached hydrogens (tertiary/aromatic N) is 3. The number of carbonyl (C=O) groups is 1. The van der Waals surface area contributed by atoms with Crippen LogP contribution in [0.3, 0.4) is 0 Å². The van der Waals surface area contributed by atoms with Crippen molar-refractivity contribution >= 4 is 6.09 Å². The van der Waals surface area contributed by atoms with Gasteiger partial charge in [0.1, 0.15) is 5.60 Å². The molecule has 0 bridgehead atoms. The minimum Gasteiger partial charge on any atom is -0.444 e. The largest absolute Gasteiger partial charge is 0.444 e. The first-order valence-corrected chi connectivity index (χ1v) is 7.95. The fourth-order valence-electron chi connectivity index (χ4n) is 2.60. The molecule has 1 aromatic rings. The van der Waals surface area contributed by atoms with Gasteiger partial charge in [0.05, 0.1) is 0 Å². The van der Waals surface area contributed by atoms with E-state index in [1.165, 1.54) is 5.56 Å². The lowest BCUT2D eigenvalue weighted by Crippen LogP contribution is -2.50. The summed E-state index contributed by atoms with van der Waals surface area (Å²) in [6.45, 7) is 12.2. The van der Waals surface area contributed by atoms with Crippen molar-refractivity contribution in [1.82, 2.24) is 14.8 Å². The lowest BCUT2D eigenvalue weighted by atomic mass is 10.0. The number of hydrogen-bond donors (Lipinski definition) is 0. The van der Waals surface area contributed by atoms with Gasteiger partial charge >= 0.3 is 6.09 Å². The predicted octanol–water partition coefficient (Wildman–Crippen LogP) is 2.74. The topological polar surface area (TPSA) is 45.7 Å². The zero-order chi connectivity index (χ0) is 16.2. The van der Waals surface area contributed by atoms with Crippen LogP contribution in [0.15, 0.2) is 24.5 Å². The molecule has 0 radical (unpaired) electrons. The predicted molar refractivity (Wildman–Crippen MR) is 86.9 cm³/mol. The Balaban J connectivity index is 1.79. The molecule has 5 heteroatoms. The molecule has 0 aliphatic carbocycles. The molecule has 122 valence electrons. The van der Waals surface area contributed by atoms with Crippen molar-refractivity contribution in [3.63, 3.8) is 0 Å². The highest BCUT2D eigenvalue weighted by molar-refractivity contribution is 5.68.